The molecule has 1 aromatic carbocycles. The van der Waals surface area contributed by atoms with Crippen molar-refractivity contribution in [2.75, 3.05) is 6.67 Å². The minimum atomic E-state index is -2.93. The van der Waals surface area contributed by atoms with Crippen LogP contribution in [-0.4, -0.2) is 19.2 Å². The molecular formula is C10H7BrF3NO. The van der Waals surface area contributed by atoms with Gasteiger partial charge in [-0.1, -0.05) is 15.9 Å². The first-order valence-corrected chi connectivity index (χ1v) is 5.08. The second-order valence-electron chi connectivity index (χ2n) is 2.90. The molecule has 0 bridgehead atoms. The number of hydrogen-bond acceptors (Lipinski definition) is 2. The molecule has 0 aliphatic heterocycles. The van der Waals surface area contributed by atoms with Crippen LogP contribution >= 0.6 is 15.9 Å². The van der Waals surface area contributed by atoms with E-state index in [0.29, 0.717) is 4.47 Å². The zero-order chi connectivity index (χ0) is 12.1. The van der Waals surface area contributed by atoms with Gasteiger partial charge in [-0.2, -0.15) is 5.26 Å². The summed E-state index contributed by atoms with van der Waals surface area (Å²) in [6, 6.07) is 6.10. The van der Waals surface area contributed by atoms with Crippen molar-refractivity contribution in [3.63, 3.8) is 0 Å². The number of rotatable bonds is 4. The third-order valence-electron chi connectivity index (χ3n) is 1.78. The van der Waals surface area contributed by atoms with Gasteiger partial charge in [-0.25, -0.2) is 13.2 Å². The van der Waals surface area contributed by atoms with Gasteiger partial charge in [-0.15, -0.1) is 0 Å². The topological polar surface area (TPSA) is 33.0 Å². The molecule has 1 aromatic rings. The van der Waals surface area contributed by atoms with Crippen molar-refractivity contribution >= 4 is 15.9 Å². The van der Waals surface area contributed by atoms with Crippen LogP contribution in [0.2, 0.25) is 0 Å². The Morgan fingerprint density at radius 1 is 1.44 bits per heavy atom. The molecule has 0 radical (unpaired) electrons. The zero-order valence-electron chi connectivity index (χ0n) is 7.96. The Kier molecular flexibility index (Phi) is 4.62. The van der Waals surface area contributed by atoms with E-state index in [0.717, 1.165) is 0 Å². The first kappa shape index (κ1) is 12.8. The Hall–Kier alpha value is -1.22. The van der Waals surface area contributed by atoms with Gasteiger partial charge in [-0.3, -0.25) is 0 Å². The van der Waals surface area contributed by atoms with Crippen molar-refractivity contribution in [3.8, 4) is 11.8 Å². The van der Waals surface area contributed by atoms with Gasteiger partial charge in [0.15, 0.2) is 6.10 Å². The van der Waals surface area contributed by atoms with Crippen LogP contribution in [0, 0.1) is 11.3 Å². The predicted molar refractivity (Wildman–Crippen MR) is 55.3 cm³/mol. The van der Waals surface area contributed by atoms with E-state index in [1.54, 1.807) is 12.1 Å². The molecule has 0 saturated heterocycles. The molecular weight excluding hydrogens is 287 g/mol. The lowest BCUT2D eigenvalue weighted by molar-refractivity contribution is -0.00133. The molecule has 0 amide bonds. The van der Waals surface area contributed by atoms with Gasteiger partial charge in [-0.05, 0) is 18.2 Å². The molecule has 1 atom stereocenters. The highest BCUT2D eigenvalue weighted by Gasteiger charge is 2.23. The molecule has 0 aliphatic rings. The van der Waals surface area contributed by atoms with Crippen molar-refractivity contribution in [2.24, 2.45) is 0 Å². The summed E-state index contributed by atoms with van der Waals surface area (Å²) in [5, 5.41) is 8.71. The average molecular weight is 294 g/mol. The lowest BCUT2D eigenvalue weighted by atomic mass is 10.2. The molecule has 0 fully saturated rings. The number of alkyl halides is 3. The standard InChI is InChI=1S/C10H7BrF3NO/c11-7-2-1-6(5-15)8(3-7)16-9(4-12)10(13)14/h1-3,9-10H,4H2/t9-/m0/s1. The van der Waals surface area contributed by atoms with Gasteiger partial charge < -0.3 is 4.74 Å². The van der Waals surface area contributed by atoms with Crippen molar-refractivity contribution in [2.45, 2.75) is 12.5 Å². The summed E-state index contributed by atoms with van der Waals surface area (Å²) >= 11 is 3.10. The molecule has 0 aliphatic carbocycles. The van der Waals surface area contributed by atoms with Crippen LogP contribution in [0.5, 0.6) is 5.75 Å². The summed E-state index contributed by atoms with van der Waals surface area (Å²) in [5.41, 5.74) is 0.0855. The van der Waals surface area contributed by atoms with Crippen molar-refractivity contribution in [3.05, 3.63) is 28.2 Å². The lowest BCUT2D eigenvalue weighted by Gasteiger charge is -2.15. The zero-order valence-corrected chi connectivity index (χ0v) is 9.55. The average Bonchev–Trinajstić information content (AvgIpc) is 2.25. The fraction of sp³-hybridized carbons (Fsp3) is 0.300. The summed E-state index contributed by atoms with van der Waals surface area (Å²) in [6.45, 7) is -1.31. The van der Waals surface area contributed by atoms with E-state index in [4.69, 9.17) is 10.00 Å². The van der Waals surface area contributed by atoms with Crippen LogP contribution in [0.1, 0.15) is 5.56 Å². The Morgan fingerprint density at radius 3 is 2.62 bits per heavy atom. The van der Waals surface area contributed by atoms with Crippen LogP contribution in [0.25, 0.3) is 0 Å². The Morgan fingerprint density at radius 2 is 2.12 bits per heavy atom. The van der Waals surface area contributed by atoms with Gasteiger partial charge in [0.1, 0.15) is 18.5 Å². The largest absolute Gasteiger partial charge is 0.480 e. The molecule has 6 heteroatoms. The molecule has 2 nitrogen and oxygen atoms in total. The van der Waals surface area contributed by atoms with Gasteiger partial charge in [0.25, 0.3) is 6.43 Å². The summed E-state index contributed by atoms with van der Waals surface area (Å²) in [4.78, 5) is 0. The van der Waals surface area contributed by atoms with Crippen molar-refractivity contribution in [1.29, 1.82) is 5.26 Å². The Labute approximate surface area is 98.8 Å². The number of hydrogen-bond donors (Lipinski definition) is 0. The Balaban J connectivity index is 2.95. The van der Waals surface area contributed by atoms with E-state index in [2.05, 4.69) is 15.9 Å². The maximum atomic E-state index is 12.3. The number of benzene rings is 1. The van der Waals surface area contributed by atoms with Crippen molar-refractivity contribution in [1.82, 2.24) is 0 Å². The van der Waals surface area contributed by atoms with E-state index >= 15 is 0 Å². The first-order valence-electron chi connectivity index (χ1n) is 4.29. The van der Waals surface area contributed by atoms with Gasteiger partial charge in [0.05, 0.1) is 5.56 Å². The van der Waals surface area contributed by atoms with E-state index in [1.807, 2.05) is 0 Å². The lowest BCUT2D eigenvalue weighted by Crippen LogP contribution is -2.27. The van der Waals surface area contributed by atoms with E-state index in [9.17, 15) is 13.2 Å². The fourth-order valence-electron chi connectivity index (χ4n) is 0.999. The summed E-state index contributed by atoms with van der Waals surface area (Å²) in [6.07, 6.45) is -4.78. The first-order chi connectivity index (χ1) is 7.58. The van der Waals surface area contributed by atoms with Crippen molar-refractivity contribution < 1.29 is 17.9 Å². The molecule has 0 aromatic heterocycles. The molecule has 0 saturated carbocycles. The second-order valence-corrected chi connectivity index (χ2v) is 3.81. The number of nitriles is 1. The van der Waals surface area contributed by atoms with Crippen LogP contribution in [0.3, 0.4) is 0 Å². The van der Waals surface area contributed by atoms with Crippen LogP contribution < -0.4 is 4.74 Å². The SMILES string of the molecule is N#Cc1ccc(Br)cc1O[C@@H](CF)C(F)F. The van der Waals surface area contributed by atoms with E-state index in [-0.39, 0.29) is 11.3 Å². The fourth-order valence-corrected chi connectivity index (χ4v) is 1.34. The van der Waals surface area contributed by atoms with Gasteiger partial charge in [0.2, 0.25) is 0 Å². The maximum absolute atomic E-state index is 12.3. The third-order valence-corrected chi connectivity index (χ3v) is 2.27. The summed E-state index contributed by atoms with van der Waals surface area (Å²) in [5.74, 6) is -0.0557. The molecule has 1 rings (SSSR count). The maximum Gasteiger partial charge on any atom is 0.277 e. The monoisotopic (exact) mass is 293 g/mol. The smallest absolute Gasteiger partial charge is 0.277 e. The molecule has 0 heterocycles. The van der Waals surface area contributed by atoms with Gasteiger partial charge >= 0.3 is 0 Å². The molecule has 0 N–H and O–H groups in total. The second kappa shape index (κ2) is 5.75. The quantitative estimate of drug-likeness (QED) is 0.853. The number of halogens is 4. The number of ether oxygens (including phenoxy) is 1. The highest BCUT2D eigenvalue weighted by Crippen LogP contribution is 2.25. The molecule has 16 heavy (non-hydrogen) atoms. The highest BCUT2D eigenvalue weighted by molar-refractivity contribution is 9.10. The van der Waals surface area contributed by atoms with Crippen LogP contribution in [0.4, 0.5) is 13.2 Å². The highest BCUT2D eigenvalue weighted by atomic mass is 79.9. The molecule has 86 valence electrons. The summed E-state index contributed by atoms with van der Waals surface area (Å²) in [7, 11) is 0. The third kappa shape index (κ3) is 3.14. The Bertz CT molecular complexity index is 406. The predicted octanol–water partition coefficient (Wildman–Crippen LogP) is 3.30. The van der Waals surface area contributed by atoms with Crippen LogP contribution in [-0.2, 0) is 0 Å². The van der Waals surface area contributed by atoms with Crippen LogP contribution in [0.15, 0.2) is 22.7 Å². The minimum absolute atomic E-state index is 0.0557. The van der Waals surface area contributed by atoms with E-state index < -0.39 is 19.2 Å². The minimum Gasteiger partial charge on any atom is -0.480 e. The van der Waals surface area contributed by atoms with Gasteiger partial charge in [0, 0.05) is 4.47 Å². The molecule has 0 unspecified atom stereocenters. The summed E-state index contributed by atoms with van der Waals surface area (Å²) < 4.78 is 42.1. The van der Waals surface area contributed by atoms with E-state index in [1.165, 1.54) is 12.1 Å². The molecule has 0 spiro atoms. The number of nitrogens with zero attached hydrogens (tertiary/aromatic N) is 1. The normalized spacial score (nSPS) is 12.2.